The van der Waals surface area contributed by atoms with Crippen LogP contribution in [0.5, 0.6) is 23.0 Å². The van der Waals surface area contributed by atoms with Crippen LogP contribution in [0.4, 0.5) is 9.59 Å². The van der Waals surface area contributed by atoms with E-state index >= 15 is 0 Å². The quantitative estimate of drug-likeness (QED) is 0.0316. The standard InChI is InChI=1S/2C41H45ClN4O8S.C4H8O2/c2*42-30-13-11-16-32(24-30)53-33-21-20-27-26-46-36(23-28(27)22-33)37(47)44-41(39(49)45-55(51,52)34-17-6-4-7-18-34)25-29(41)12-5-2-1-3-8-19-35(38(46)48)43-40(50)54-31-14-9-10-15-31;1-3-6-4(2)5/h2*4-7,11-13,16-18,20-22,24,29,31,35-36H,1-3,8-10,14-15,19,23,25-26H2,(H,43,50)(H,44,47)(H,45,49);3H2,1-2H3/b2*12-5-;/t2*29-,35+,36?,41-;/m11./s1. The molecule has 0 bridgehead atoms. The Morgan fingerprint density at radius 2 is 0.862 bits per heavy atom. The molecule has 4 aliphatic heterocycles. The number of sulfonamides is 2. The highest BCUT2D eigenvalue weighted by Gasteiger charge is 2.63. The third-order valence-electron chi connectivity index (χ3n) is 22.1. The van der Waals surface area contributed by atoms with E-state index in [4.69, 9.17) is 42.1 Å². The lowest BCUT2D eigenvalue weighted by Crippen LogP contribution is -2.61. The van der Waals surface area contributed by atoms with E-state index in [0.717, 1.165) is 99.3 Å². The number of allylic oxidation sites excluding steroid dienone is 2. The van der Waals surface area contributed by atoms with Crippen LogP contribution >= 0.6 is 23.2 Å². The lowest BCUT2D eigenvalue weighted by Gasteiger charge is -2.39. The molecule has 14 rings (SSSR count). The van der Waals surface area contributed by atoms with E-state index in [-0.39, 0.29) is 66.7 Å². The second-order valence-electron chi connectivity index (χ2n) is 30.5. The van der Waals surface area contributed by atoms with Gasteiger partial charge in [-0.3, -0.25) is 33.6 Å². The Labute approximate surface area is 686 Å². The van der Waals surface area contributed by atoms with Crippen molar-refractivity contribution < 1.29 is 83.7 Å². The fourth-order valence-electron chi connectivity index (χ4n) is 15.7. The number of carbonyl (C=O) groups excluding carboxylic acids is 9. The number of nitrogens with one attached hydrogen (secondary N) is 6. The number of benzene rings is 6. The first kappa shape index (κ1) is 85.1. The van der Waals surface area contributed by atoms with Crippen LogP contribution < -0.4 is 40.2 Å². The second-order valence-corrected chi connectivity index (χ2v) is 34.7. The van der Waals surface area contributed by atoms with Crippen LogP contribution in [0.15, 0.2) is 180 Å². The first-order valence-electron chi connectivity index (χ1n) is 39.8. The summed E-state index contributed by atoms with van der Waals surface area (Å²) >= 11 is 12.3. The molecule has 0 spiro atoms. The zero-order valence-corrected chi connectivity index (χ0v) is 67.9. The molecule has 116 heavy (non-hydrogen) atoms. The number of fused-ring (bicyclic) bond motifs is 6. The van der Waals surface area contributed by atoms with Gasteiger partial charge in [0.2, 0.25) is 23.6 Å². The van der Waals surface area contributed by atoms with Gasteiger partial charge in [0.05, 0.1) is 16.4 Å². The van der Waals surface area contributed by atoms with E-state index < -0.39 is 115 Å². The molecule has 4 fully saturated rings. The van der Waals surface area contributed by atoms with Gasteiger partial charge in [-0.25, -0.2) is 35.9 Å². The zero-order valence-electron chi connectivity index (χ0n) is 64.8. The van der Waals surface area contributed by atoms with Gasteiger partial charge < -0.3 is 54.8 Å². The van der Waals surface area contributed by atoms with Gasteiger partial charge in [0.25, 0.3) is 31.9 Å². The van der Waals surface area contributed by atoms with Gasteiger partial charge in [0.15, 0.2) is 0 Å². The average molecular weight is 1670 g/mol. The Balaban J connectivity index is 0.000000200. The number of hydrogen-bond acceptors (Lipinski definition) is 18. The molecular formula is C86H98Cl2N8O18S2. The fraction of sp³-hybridized carbons (Fsp3) is 0.430. The van der Waals surface area contributed by atoms with Crippen LogP contribution in [0, 0.1) is 11.8 Å². The molecule has 4 saturated carbocycles. The van der Waals surface area contributed by atoms with Crippen molar-refractivity contribution in [2.45, 2.75) is 225 Å². The summed E-state index contributed by atoms with van der Waals surface area (Å²) in [5, 5.41) is 12.5. The molecule has 4 aliphatic carbocycles. The predicted molar refractivity (Wildman–Crippen MR) is 432 cm³/mol. The Morgan fingerprint density at radius 3 is 1.23 bits per heavy atom. The Hall–Kier alpha value is -10.3. The van der Waals surface area contributed by atoms with Gasteiger partial charge in [-0.15, -0.1) is 0 Å². The van der Waals surface area contributed by atoms with Gasteiger partial charge in [0.1, 0.15) is 70.5 Å². The van der Waals surface area contributed by atoms with E-state index in [1.54, 1.807) is 104 Å². The highest BCUT2D eigenvalue weighted by molar-refractivity contribution is 7.90. The third kappa shape index (κ3) is 22.1. The van der Waals surface area contributed by atoms with Gasteiger partial charge in [-0.05, 0) is 217 Å². The van der Waals surface area contributed by atoms with Crippen molar-refractivity contribution in [3.05, 3.63) is 202 Å². The third-order valence-corrected chi connectivity index (χ3v) is 25.3. The highest BCUT2D eigenvalue weighted by Crippen LogP contribution is 2.48. The smallest absolute Gasteiger partial charge is 0.408 e. The van der Waals surface area contributed by atoms with Crippen molar-refractivity contribution in [2.75, 3.05) is 6.61 Å². The number of carbonyl (C=O) groups is 9. The summed E-state index contributed by atoms with van der Waals surface area (Å²) in [5.74, 6) is -2.94. The normalized spacial score (nSPS) is 24.2. The van der Waals surface area contributed by atoms with Crippen molar-refractivity contribution >= 4 is 96.8 Å². The summed E-state index contributed by atoms with van der Waals surface area (Å²) in [5.41, 5.74) is -0.0479. The van der Waals surface area contributed by atoms with E-state index in [9.17, 15) is 60.0 Å². The largest absolute Gasteiger partial charge is 0.466 e. The van der Waals surface area contributed by atoms with Gasteiger partial charge >= 0.3 is 18.2 Å². The van der Waals surface area contributed by atoms with Crippen molar-refractivity contribution in [3.8, 4) is 23.0 Å². The molecule has 26 nitrogen and oxygen atoms in total. The maximum absolute atomic E-state index is 14.6. The average Bonchev–Trinajstić information content (AvgIpc) is 1.58. The number of ether oxygens (including phenoxy) is 5. The van der Waals surface area contributed by atoms with Crippen molar-refractivity contribution in [1.29, 1.82) is 0 Å². The van der Waals surface area contributed by atoms with E-state index in [2.05, 4.69) is 35.4 Å². The van der Waals surface area contributed by atoms with E-state index in [1.807, 2.05) is 48.6 Å². The molecule has 4 heterocycles. The minimum atomic E-state index is -4.25. The summed E-state index contributed by atoms with van der Waals surface area (Å²) in [4.78, 5) is 125. The Kier molecular flexibility index (Phi) is 28.3. The maximum Gasteiger partial charge on any atom is 0.408 e. The first-order chi connectivity index (χ1) is 55.8. The van der Waals surface area contributed by atoms with Crippen LogP contribution in [-0.4, -0.2) is 134 Å². The monoisotopic (exact) mass is 1660 g/mol. The van der Waals surface area contributed by atoms with Crippen molar-refractivity contribution in [3.63, 3.8) is 0 Å². The Bertz CT molecular complexity index is 4600. The van der Waals surface area contributed by atoms with Crippen molar-refractivity contribution in [1.82, 2.24) is 40.5 Å². The lowest BCUT2D eigenvalue weighted by molar-refractivity contribution is -0.144. The highest BCUT2D eigenvalue weighted by atomic mass is 35.5. The number of esters is 1. The fourth-order valence-corrected chi connectivity index (χ4v) is 18.2. The number of hydrogen-bond donors (Lipinski definition) is 6. The number of alkyl carbamates (subject to hydrolysis) is 2. The van der Waals surface area contributed by atoms with E-state index in [1.165, 1.54) is 41.0 Å². The molecule has 2 unspecified atom stereocenters. The van der Waals surface area contributed by atoms with Crippen LogP contribution in [-0.2, 0) is 93.8 Å². The number of amides is 8. The molecule has 0 saturated heterocycles. The molecular weight excluding hydrogens is 1570 g/mol. The molecule has 8 amide bonds. The Morgan fingerprint density at radius 1 is 0.474 bits per heavy atom. The minimum Gasteiger partial charge on any atom is -0.466 e. The summed E-state index contributed by atoms with van der Waals surface area (Å²) in [6, 6.07) is 35.7. The molecule has 6 aromatic rings. The lowest BCUT2D eigenvalue weighted by atomic mass is 9.91. The van der Waals surface area contributed by atoms with Crippen molar-refractivity contribution in [2.24, 2.45) is 11.8 Å². The van der Waals surface area contributed by atoms with Crippen LogP contribution in [0.3, 0.4) is 0 Å². The molecule has 30 heteroatoms. The number of nitrogens with zero attached hydrogens (tertiary/aromatic N) is 2. The molecule has 6 aromatic carbocycles. The summed E-state index contributed by atoms with van der Waals surface area (Å²) in [6.45, 7) is 3.75. The van der Waals surface area contributed by atoms with Crippen LogP contribution in [0.2, 0.25) is 10.0 Å². The summed E-state index contributed by atoms with van der Waals surface area (Å²) < 4.78 is 85.4. The van der Waals surface area contributed by atoms with E-state index in [0.29, 0.717) is 78.2 Å². The van der Waals surface area contributed by atoms with Gasteiger partial charge in [0, 0.05) is 54.7 Å². The summed E-state index contributed by atoms with van der Waals surface area (Å²) in [7, 11) is -8.50. The molecule has 8 aliphatic rings. The SMILES string of the molecule is CCOC(C)=O.O=C(N[C@H]1CCCCC/C=C\[C@@H]2C[C@@]2(C(=O)NS(=O)(=O)c2ccccc2)NC(=O)C2Cc3cc(Oc4cccc(Cl)c4)ccc3CN2C1=O)OC1CCCC1.O=C(N[C@H]1CCCCC/C=C\[C@@H]2C[C@@]2(C(=O)NS(=O)(=O)c2ccccc2)NC(=O)C2Cc3cc(Oc4cccc(Cl)c4)ccc3CN2C1=O)OC1CCCC1. The van der Waals surface area contributed by atoms with Crippen LogP contribution in [0.25, 0.3) is 0 Å². The second kappa shape index (κ2) is 38.6. The van der Waals surface area contributed by atoms with Gasteiger partial charge in [-0.2, -0.15) is 0 Å². The molecule has 616 valence electrons. The minimum absolute atomic E-state index is 0.0461. The molecule has 8 atom stereocenters. The summed E-state index contributed by atoms with van der Waals surface area (Å²) in [6.07, 6.45) is 19.9. The topological polar surface area (TPSA) is 347 Å². The molecule has 6 N–H and O–H groups in total. The zero-order chi connectivity index (χ0) is 82.2. The molecule has 0 aromatic heterocycles. The predicted octanol–water partition coefficient (Wildman–Crippen LogP) is 13.2. The maximum atomic E-state index is 14.6. The first-order valence-corrected chi connectivity index (χ1v) is 43.5. The molecule has 0 radical (unpaired) electrons. The number of halogens is 2. The number of rotatable bonds is 15. The van der Waals surface area contributed by atoms with Gasteiger partial charge in [-0.1, -0.05) is 134 Å². The van der Waals surface area contributed by atoms with Crippen LogP contribution in [0.1, 0.15) is 165 Å².